The van der Waals surface area contributed by atoms with E-state index < -0.39 is 13.0 Å². The summed E-state index contributed by atoms with van der Waals surface area (Å²) in [5.41, 5.74) is 9.41. The van der Waals surface area contributed by atoms with Gasteiger partial charge in [0.25, 0.3) is 5.91 Å². The molecule has 0 atom stereocenters. The molecule has 2 aromatic heterocycles. The maximum atomic E-state index is 13.0. The molecule has 0 spiro atoms. The minimum absolute atomic E-state index is 0.0890. The first-order chi connectivity index (χ1) is 17.2. The molecule has 1 amide bonds. The number of carbonyl (C=O) groups excluding carboxylic acids is 1. The molecule has 4 aromatic rings. The number of carbonyl (C=O) groups is 1. The van der Waals surface area contributed by atoms with E-state index in [1.807, 2.05) is 36.4 Å². The number of anilines is 2. The van der Waals surface area contributed by atoms with Crippen LogP contribution >= 0.6 is 7.14 Å². The van der Waals surface area contributed by atoms with E-state index in [9.17, 15) is 9.36 Å². The molecule has 0 bridgehead atoms. The normalized spacial score (nSPS) is 14.0. The Morgan fingerprint density at radius 3 is 2.67 bits per heavy atom. The number of rotatable bonds is 6. The SMILES string of the molecule is COc1cc2c(cc1Nc1nnc(C(N)=O)c(-n3cc(P(C)(C)=O)c4ccccc43)n1)CN(C)CC2. The van der Waals surface area contributed by atoms with E-state index in [1.165, 1.54) is 11.1 Å². The summed E-state index contributed by atoms with van der Waals surface area (Å²) in [7, 11) is 1.07. The number of para-hydroxylation sites is 1. The van der Waals surface area contributed by atoms with Gasteiger partial charge in [0.2, 0.25) is 5.95 Å². The van der Waals surface area contributed by atoms with E-state index in [2.05, 4.69) is 32.4 Å². The molecule has 0 saturated heterocycles. The van der Waals surface area contributed by atoms with Gasteiger partial charge in [-0.2, -0.15) is 4.98 Å². The number of nitrogens with zero attached hydrogens (tertiary/aromatic N) is 5. The Labute approximate surface area is 208 Å². The molecule has 3 heterocycles. The van der Waals surface area contributed by atoms with Gasteiger partial charge in [0, 0.05) is 30.0 Å². The summed E-state index contributed by atoms with van der Waals surface area (Å²) in [6.07, 6.45) is 2.68. The average Bonchev–Trinajstić information content (AvgIpc) is 3.23. The zero-order chi connectivity index (χ0) is 25.6. The number of likely N-dealkylation sites (N-methyl/N-ethyl adjacent to an activating group) is 1. The Bertz CT molecular complexity index is 1540. The van der Waals surface area contributed by atoms with E-state index in [1.54, 1.807) is 31.2 Å². The first-order valence-electron chi connectivity index (χ1n) is 11.5. The Morgan fingerprint density at radius 1 is 1.17 bits per heavy atom. The summed E-state index contributed by atoms with van der Waals surface area (Å²) in [5, 5.41) is 12.9. The zero-order valence-corrected chi connectivity index (χ0v) is 21.5. The molecule has 3 N–H and O–H groups in total. The van der Waals surface area contributed by atoms with Gasteiger partial charge in [-0.15, -0.1) is 10.2 Å². The van der Waals surface area contributed by atoms with Gasteiger partial charge in [0.1, 0.15) is 12.9 Å². The fourth-order valence-corrected chi connectivity index (χ4v) is 5.74. The topological polar surface area (TPSA) is 128 Å². The van der Waals surface area contributed by atoms with Crippen LogP contribution in [-0.4, -0.2) is 64.6 Å². The van der Waals surface area contributed by atoms with Gasteiger partial charge >= 0.3 is 0 Å². The fraction of sp³-hybridized carbons (Fsp3) is 0.280. The van der Waals surface area contributed by atoms with Crippen molar-refractivity contribution in [3.8, 4) is 11.6 Å². The predicted molar refractivity (Wildman–Crippen MR) is 141 cm³/mol. The molecule has 0 radical (unpaired) electrons. The molecule has 5 rings (SSSR count). The molecule has 1 aliphatic heterocycles. The molecule has 0 aliphatic carbocycles. The molecule has 11 heteroatoms. The number of nitrogens with one attached hydrogen (secondary N) is 1. The molecular weight excluding hydrogens is 477 g/mol. The number of benzene rings is 2. The summed E-state index contributed by atoms with van der Waals surface area (Å²) in [6.45, 7) is 5.23. The zero-order valence-electron chi connectivity index (χ0n) is 20.6. The summed E-state index contributed by atoms with van der Waals surface area (Å²) in [6, 6.07) is 11.6. The maximum Gasteiger partial charge on any atom is 0.273 e. The van der Waals surface area contributed by atoms with Crippen molar-refractivity contribution in [2.75, 3.05) is 39.3 Å². The van der Waals surface area contributed by atoms with Gasteiger partial charge in [0.05, 0.1) is 18.3 Å². The summed E-state index contributed by atoms with van der Waals surface area (Å²) < 4.78 is 20.4. The van der Waals surface area contributed by atoms with Crippen molar-refractivity contribution in [3.05, 3.63) is 59.4 Å². The molecule has 0 fully saturated rings. The highest BCUT2D eigenvalue weighted by Crippen LogP contribution is 2.39. The Balaban J connectivity index is 1.64. The number of amides is 1. The second-order valence-corrected chi connectivity index (χ2v) is 12.5. The Morgan fingerprint density at radius 2 is 1.94 bits per heavy atom. The van der Waals surface area contributed by atoms with Crippen LogP contribution in [0.3, 0.4) is 0 Å². The molecule has 2 aromatic carbocycles. The van der Waals surface area contributed by atoms with Crippen molar-refractivity contribution in [2.24, 2.45) is 5.73 Å². The van der Waals surface area contributed by atoms with Crippen LogP contribution in [0.1, 0.15) is 21.6 Å². The first kappa shape index (κ1) is 24.0. The van der Waals surface area contributed by atoms with Crippen molar-refractivity contribution < 1.29 is 14.1 Å². The summed E-state index contributed by atoms with van der Waals surface area (Å²) >= 11 is 0. The lowest BCUT2D eigenvalue weighted by atomic mass is 9.99. The monoisotopic (exact) mass is 505 g/mol. The minimum Gasteiger partial charge on any atom is -0.495 e. The smallest absolute Gasteiger partial charge is 0.273 e. The van der Waals surface area contributed by atoms with Crippen molar-refractivity contribution in [3.63, 3.8) is 0 Å². The number of aromatic nitrogens is 4. The van der Waals surface area contributed by atoms with E-state index in [0.29, 0.717) is 16.7 Å². The van der Waals surface area contributed by atoms with Crippen molar-refractivity contribution >= 4 is 40.9 Å². The minimum atomic E-state index is -2.63. The van der Waals surface area contributed by atoms with Gasteiger partial charge in [-0.3, -0.25) is 9.36 Å². The number of methoxy groups -OCH3 is 1. The standard InChI is InChI=1S/C25H28N7O3P/c1-31-10-9-15-12-20(35-2)18(11-16(15)13-31)27-25-28-24(22(23(26)33)29-30-25)32-14-21(36(3,4)34)17-7-5-6-8-19(17)32/h5-8,11-12,14H,9-10,13H2,1-4H3,(H2,26,33)(H,27,28,30). The average molecular weight is 506 g/mol. The second-order valence-electron chi connectivity index (χ2n) is 9.36. The molecular formula is C25H28N7O3P. The Kier molecular flexibility index (Phi) is 6.02. The predicted octanol–water partition coefficient (Wildman–Crippen LogP) is 2.90. The van der Waals surface area contributed by atoms with Crippen LogP contribution < -0.4 is 21.1 Å². The van der Waals surface area contributed by atoms with Crippen LogP contribution in [0.5, 0.6) is 5.75 Å². The van der Waals surface area contributed by atoms with E-state index in [4.69, 9.17) is 10.5 Å². The number of primary amides is 1. The highest BCUT2D eigenvalue weighted by molar-refractivity contribution is 7.70. The highest BCUT2D eigenvalue weighted by Gasteiger charge is 2.24. The Hall–Kier alpha value is -3.75. The number of hydrogen-bond donors (Lipinski definition) is 2. The first-order valence-corrected chi connectivity index (χ1v) is 14.1. The van der Waals surface area contributed by atoms with Crippen LogP contribution in [0.4, 0.5) is 11.6 Å². The van der Waals surface area contributed by atoms with E-state index >= 15 is 0 Å². The van der Waals surface area contributed by atoms with Crippen molar-refractivity contribution in [2.45, 2.75) is 13.0 Å². The van der Waals surface area contributed by atoms with Crippen LogP contribution in [0.2, 0.25) is 0 Å². The molecule has 0 unspecified atom stereocenters. The van der Waals surface area contributed by atoms with Gasteiger partial charge in [-0.25, -0.2) is 0 Å². The van der Waals surface area contributed by atoms with Crippen molar-refractivity contribution in [1.29, 1.82) is 0 Å². The third-order valence-electron chi connectivity index (χ3n) is 6.37. The maximum absolute atomic E-state index is 13.0. The molecule has 186 valence electrons. The molecule has 1 aliphatic rings. The van der Waals surface area contributed by atoms with Crippen LogP contribution in [0.25, 0.3) is 16.7 Å². The molecule has 36 heavy (non-hydrogen) atoms. The third-order valence-corrected chi connectivity index (χ3v) is 7.89. The van der Waals surface area contributed by atoms with Crippen LogP contribution in [-0.2, 0) is 17.5 Å². The van der Waals surface area contributed by atoms with E-state index in [-0.39, 0.29) is 17.5 Å². The van der Waals surface area contributed by atoms with E-state index in [0.717, 1.165) is 30.4 Å². The number of nitrogens with two attached hydrogens (primary N) is 1. The van der Waals surface area contributed by atoms with Crippen molar-refractivity contribution in [1.82, 2.24) is 24.6 Å². The molecule has 0 saturated carbocycles. The lowest BCUT2D eigenvalue weighted by molar-refractivity contribution is 0.0994. The second kappa shape index (κ2) is 9.04. The number of fused-ring (bicyclic) bond motifs is 2. The summed E-state index contributed by atoms with van der Waals surface area (Å²) in [5.74, 6) is 0.274. The quantitative estimate of drug-likeness (QED) is 0.383. The number of ether oxygens (including phenoxy) is 1. The van der Waals surface area contributed by atoms with Gasteiger partial charge in [0.15, 0.2) is 11.5 Å². The number of hydrogen-bond acceptors (Lipinski definition) is 8. The van der Waals surface area contributed by atoms with Gasteiger partial charge in [-0.05, 0) is 56.1 Å². The highest BCUT2D eigenvalue weighted by atomic mass is 31.2. The van der Waals surface area contributed by atoms with Crippen LogP contribution in [0.15, 0.2) is 42.6 Å². The third kappa shape index (κ3) is 4.34. The van der Waals surface area contributed by atoms with Gasteiger partial charge in [-0.1, -0.05) is 18.2 Å². The lowest BCUT2D eigenvalue weighted by Gasteiger charge is -2.26. The summed E-state index contributed by atoms with van der Waals surface area (Å²) in [4.78, 5) is 19.1. The largest absolute Gasteiger partial charge is 0.495 e. The lowest BCUT2D eigenvalue weighted by Crippen LogP contribution is -2.26. The fourth-order valence-electron chi connectivity index (χ4n) is 4.58. The van der Waals surface area contributed by atoms with Gasteiger partial charge < -0.3 is 25.3 Å². The van der Waals surface area contributed by atoms with Crippen LogP contribution in [0, 0.1) is 0 Å². The molecule has 10 nitrogen and oxygen atoms in total.